The Bertz CT molecular complexity index is 762. The average molecular weight is 365 g/mol. The van der Waals surface area contributed by atoms with Crippen molar-refractivity contribution in [1.29, 1.82) is 0 Å². The largest absolute Gasteiger partial charge is 0.320 e. The Balaban J connectivity index is 2.14. The SMILES string of the molecule is O=C(/C=C/c1ccccc1Br)Nc1cc([N+](=O)[O-])ccc1F. The lowest BCUT2D eigenvalue weighted by Crippen LogP contribution is -2.09. The van der Waals surface area contributed by atoms with E-state index >= 15 is 0 Å². The molecule has 1 N–H and O–H groups in total. The van der Waals surface area contributed by atoms with Gasteiger partial charge in [0.05, 0.1) is 10.6 Å². The maximum Gasteiger partial charge on any atom is 0.271 e. The van der Waals surface area contributed by atoms with Crippen molar-refractivity contribution < 1.29 is 14.1 Å². The fourth-order valence-corrected chi connectivity index (χ4v) is 2.09. The molecule has 0 aliphatic rings. The molecule has 0 saturated carbocycles. The highest BCUT2D eigenvalue weighted by molar-refractivity contribution is 9.10. The summed E-state index contributed by atoms with van der Waals surface area (Å²) in [7, 11) is 0. The van der Waals surface area contributed by atoms with E-state index in [-0.39, 0.29) is 11.4 Å². The van der Waals surface area contributed by atoms with Crippen LogP contribution in [-0.2, 0) is 4.79 Å². The lowest BCUT2D eigenvalue weighted by atomic mass is 10.2. The van der Waals surface area contributed by atoms with Gasteiger partial charge in [0.1, 0.15) is 5.82 Å². The van der Waals surface area contributed by atoms with E-state index in [0.29, 0.717) is 0 Å². The van der Waals surface area contributed by atoms with Crippen LogP contribution in [0.5, 0.6) is 0 Å². The number of carbonyl (C=O) groups is 1. The Hall–Kier alpha value is -2.54. The summed E-state index contributed by atoms with van der Waals surface area (Å²) in [4.78, 5) is 21.8. The molecule has 0 heterocycles. The summed E-state index contributed by atoms with van der Waals surface area (Å²) in [5.74, 6) is -1.33. The molecule has 0 bridgehead atoms. The quantitative estimate of drug-likeness (QED) is 0.503. The number of non-ortho nitro benzene ring substituents is 1. The fraction of sp³-hybridized carbons (Fsp3) is 0. The van der Waals surface area contributed by atoms with Crippen LogP contribution in [0.4, 0.5) is 15.8 Å². The van der Waals surface area contributed by atoms with Crippen LogP contribution >= 0.6 is 15.9 Å². The number of nitrogens with one attached hydrogen (secondary N) is 1. The van der Waals surface area contributed by atoms with Crippen molar-refractivity contribution >= 4 is 39.3 Å². The highest BCUT2D eigenvalue weighted by atomic mass is 79.9. The first kappa shape index (κ1) is 15.8. The van der Waals surface area contributed by atoms with Gasteiger partial charge in [-0.25, -0.2) is 4.39 Å². The van der Waals surface area contributed by atoms with Crippen molar-refractivity contribution in [3.05, 3.63) is 74.5 Å². The average Bonchev–Trinajstić information content (AvgIpc) is 2.48. The van der Waals surface area contributed by atoms with Gasteiger partial charge in [0.15, 0.2) is 0 Å². The summed E-state index contributed by atoms with van der Waals surface area (Å²) < 4.78 is 14.4. The Labute approximate surface area is 133 Å². The number of carbonyl (C=O) groups excluding carboxylic acids is 1. The van der Waals surface area contributed by atoms with E-state index in [9.17, 15) is 19.3 Å². The first-order valence-corrected chi connectivity index (χ1v) is 6.94. The molecule has 0 aliphatic heterocycles. The maximum absolute atomic E-state index is 13.6. The van der Waals surface area contributed by atoms with Crippen LogP contribution in [-0.4, -0.2) is 10.8 Å². The Kier molecular flexibility index (Phi) is 5.00. The van der Waals surface area contributed by atoms with Gasteiger partial charge in [-0.2, -0.15) is 0 Å². The van der Waals surface area contributed by atoms with Crippen LogP contribution < -0.4 is 5.32 Å². The van der Waals surface area contributed by atoms with Gasteiger partial charge < -0.3 is 5.32 Å². The summed E-state index contributed by atoms with van der Waals surface area (Å²) in [6.45, 7) is 0. The number of rotatable bonds is 4. The van der Waals surface area contributed by atoms with Crippen LogP contribution in [0.1, 0.15) is 5.56 Å². The molecule has 0 atom stereocenters. The predicted octanol–water partition coefficient (Wildman–Crippen LogP) is 4.15. The summed E-state index contributed by atoms with van der Waals surface area (Å²) >= 11 is 3.33. The van der Waals surface area contributed by atoms with Gasteiger partial charge in [0.2, 0.25) is 5.91 Å². The second kappa shape index (κ2) is 6.95. The lowest BCUT2D eigenvalue weighted by Gasteiger charge is -2.03. The zero-order valence-electron chi connectivity index (χ0n) is 11.1. The molecular weight excluding hydrogens is 355 g/mol. The number of halogens is 2. The minimum Gasteiger partial charge on any atom is -0.320 e. The number of hydrogen-bond acceptors (Lipinski definition) is 3. The molecule has 112 valence electrons. The summed E-state index contributed by atoms with van der Waals surface area (Å²) in [6, 6.07) is 10.2. The lowest BCUT2D eigenvalue weighted by molar-refractivity contribution is -0.384. The molecule has 5 nitrogen and oxygen atoms in total. The number of hydrogen-bond donors (Lipinski definition) is 1. The third-order valence-corrected chi connectivity index (χ3v) is 3.46. The smallest absolute Gasteiger partial charge is 0.271 e. The van der Waals surface area contributed by atoms with Crippen LogP contribution in [0.25, 0.3) is 6.08 Å². The summed E-state index contributed by atoms with van der Waals surface area (Å²) in [6.07, 6.45) is 2.77. The molecule has 7 heteroatoms. The van der Waals surface area contributed by atoms with Gasteiger partial charge in [0, 0.05) is 22.7 Å². The van der Waals surface area contributed by atoms with Gasteiger partial charge in [0.25, 0.3) is 5.69 Å². The van der Waals surface area contributed by atoms with Crippen molar-refractivity contribution in [2.24, 2.45) is 0 Å². The van der Waals surface area contributed by atoms with Gasteiger partial charge in [-0.1, -0.05) is 34.1 Å². The van der Waals surface area contributed by atoms with E-state index in [4.69, 9.17) is 0 Å². The Morgan fingerprint density at radius 2 is 2.00 bits per heavy atom. The number of nitro benzene ring substituents is 1. The molecule has 22 heavy (non-hydrogen) atoms. The predicted molar refractivity (Wildman–Crippen MR) is 84.9 cm³/mol. The van der Waals surface area contributed by atoms with E-state index in [2.05, 4.69) is 21.2 Å². The number of nitrogens with zero attached hydrogens (tertiary/aromatic N) is 1. The highest BCUT2D eigenvalue weighted by Crippen LogP contribution is 2.21. The fourth-order valence-electron chi connectivity index (χ4n) is 1.67. The number of nitro groups is 1. The highest BCUT2D eigenvalue weighted by Gasteiger charge is 2.12. The van der Waals surface area contributed by atoms with Gasteiger partial charge >= 0.3 is 0 Å². The zero-order chi connectivity index (χ0) is 16.1. The van der Waals surface area contributed by atoms with E-state index in [1.165, 1.54) is 6.08 Å². The summed E-state index contributed by atoms with van der Waals surface area (Å²) in [5.41, 5.74) is 0.236. The van der Waals surface area contributed by atoms with E-state index in [0.717, 1.165) is 28.2 Å². The molecular formula is C15H10BrFN2O3. The van der Waals surface area contributed by atoms with Gasteiger partial charge in [-0.3, -0.25) is 14.9 Å². The number of anilines is 1. The van der Waals surface area contributed by atoms with Crippen LogP contribution in [0.3, 0.4) is 0 Å². The molecule has 1 amide bonds. The second-order valence-corrected chi connectivity index (χ2v) is 5.12. The molecule has 2 rings (SSSR count). The third kappa shape index (κ3) is 3.98. The van der Waals surface area contributed by atoms with Crippen molar-refractivity contribution in [2.75, 3.05) is 5.32 Å². The third-order valence-electron chi connectivity index (χ3n) is 2.74. The minimum atomic E-state index is -0.742. The second-order valence-electron chi connectivity index (χ2n) is 4.27. The van der Waals surface area contributed by atoms with Gasteiger partial charge in [-0.05, 0) is 23.8 Å². The van der Waals surface area contributed by atoms with E-state index in [1.807, 2.05) is 18.2 Å². The first-order chi connectivity index (χ1) is 10.5. The Morgan fingerprint density at radius 3 is 2.68 bits per heavy atom. The number of benzene rings is 2. The molecule has 0 aliphatic carbocycles. The van der Waals surface area contributed by atoms with Crippen molar-refractivity contribution in [2.45, 2.75) is 0 Å². The maximum atomic E-state index is 13.6. The molecule has 0 aromatic heterocycles. The molecule has 2 aromatic carbocycles. The van der Waals surface area contributed by atoms with Crippen molar-refractivity contribution in [3.8, 4) is 0 Å². The Morgan fingerprint density at radius 1 is 1.27 bits per heavy atom. The standard InChI is InChI=1S/C15H10BrFN2O3/c16-12-4-2-1-3-10(12)5-8-15(20)18-14-9-11(19(21)22)6-7-13(14)17/h1-9H,(H,18,20)/b8-5+. The number of amides is 1. The molecule has 0 radical (unpaired) electrons. The topological polar surface area (TPSA) is 72.2 Å². The molecule has 0 saturated heterocycles. The zero-order valence-corrected chi connectivity index (χ0v) is 12.7. The van der Waals surface area contributed by atoms with Crippen molar-refractivity contribution in [1.82, 2.24) is 0 Å². The van der Waals surface area contributed by atoms with Gasteiger partial charge in [-0.15, -0.1) is 0 Å². The first-order valence-electron chi connectivity index (χ1n) is 6.15. The molecule has 0 spiro atoms. The normalized spacial score (nSPS) is 10.6. The monoisotopic (exact) mass is 364 g/mol. The van der Waals surface area contributed by atoms with Crippen LogP contribution in [0.15, 0.2) is 53.0 Å². The van der Waals surface area contributed by atoms with Crippen molar-refractivity contribution in [3.63, 3.8) is 0 Å². The van der Waals surface area contributed by atoms with E-state index in [1.54, 1.807) is 12.1 Å². The molecule has 2 aromatic rings. The van der Waals surface area contributed by atoms with Crippen LogP contribution in [0.2, 0.25) is 0 Å². The minimum absolute atomic E-state index is 0.240. The van der Waals surface area contributed by atoms with Crippen LogP contribution in [0, 0.1) is 15.9 Å². The summed E-state index contributed by atoms with van der Waals surface area (Å²) in [5, 5.41) is 12.9. The molecule has 0 unspecified atom stereocenters. The van der Waals surface area contributed by atoms with E-state index < -0.39 is 16.6 Å². The molecule has 0 fully saturated rings.